The van der Waals surface area contributed by atoms with E-state index in [1.807, 2.05) is 16.9 Å². The smallest absolute Gasteiger partial charge is 0.0552 e. The highest BCUT2D eigenvalue weighted by Crippen LogP contribution is 2.00. The minimum atomic E-state index is 0.465. The molecule has 0 N–H and O–H groups in total. The van der Waals surface area contributed by atoms with E-state index in [-0.39, 0.29) is 0 Å². The highest BCUT2D eigenvalue weighted by Gasteiger charge is 1.98. The summed E-state index contributed by atoms with van der Waals surface area (Å²) in [5.74, 6) is 0. The minimum absolute atomic E-state index is 0.465. The van der Waals surface area contributed by atoms with Crippen LogP contribution in [0.3, 0.4) is 0 Å². The van der Waals surface area contributed by atoms with Crippen molar-refractivity contribution in [1.82, 2.24) is 9.78 Å². The summed E-state index contributed by atoms with van der Waals surface area (Å²) in [7, 11) is 2.64. The molecule has 0 aliphatic heterocycles. The van der Waals surface area contributed by atoms with Crippen LogP contribution in [0.25, 0.3) is 0 Å². The first-order valence-electron chi connectivity index (χ1n) is 3.01. The van der Waals surface area contributed by atoms with Crippen LogP contribution in [0, 0.1) is 0 Å². The van der Waals surface area contributed by atoms with Gasteiger partial charge in [0.05, 0.1) is 5.44 Å². The van der Waals surface area contributed by atoms with E-state index >= 15 is 0 Å². The Morgan fingerprint density at radius 3 is 2.56 bits per heavy atom. The van der Waals surface area contributed by atoms with Gasteiger partial charge in [0.2, 0.25) is 0 Å². The SMILES string of the molecule is CC(C)n1nccc1P. The third-order valence-electron chi connectivity index (χ3n) is 1.19. The van der Waals surface area contributed by atoms with Crippen molar-refractivity contribution in [3.63, 3.8) is 0 Å². The summed E-state index contributed by atoms with van der Waals surface area (Å²) in [6.07, 6.45) is 1.81. The van der Waals surface area contributed by atoms with Crippen LogP contribution < -0.4 is 5.44 Å². The van der Waals surface area contributed by atoms with Gasteiger partial charge >= 0.3 is 0 Å². The predicted molar refractivity (Wildman–Crippen MR) is 42.0 cm³/mol. The first kappa shape index (κ1) is 6.76. The molecule has 1 unspecified atom stereocenters. The predicted octanol–water partition coefficient (Wildman–Crippen LogP) is 0.964. The molecular formula is C6H11N2P. The van der Waals surface area contributed by atoms with Gasteiger partial charge in [-0.3, -0.25) is 4.68 Å². The molecule has 1 aromatic heterocycles. The van der Waals surface area contributed by atoms with Gasteiger partial charge in [0, 0.05) is 12.2 Å². The zero-order valence-electron chi connectivity index (χ0n) is 5.70. The first-order valence-corrected chi connectivity index (χ1v) is 3.58. The molecule has 1 aromatic rings. The molecule has 1 rings (SSSR count). The lowest BCUT2D eigenvalue weighted by molar-refractivity contribution is 0.547. The van der Waals surface area contributed by atoms with Crippen molar-refractivity contribution < 1.29 is 0 Å². The van der Waals surface area contributed by atoms with Crippen LogP contribution in [0.5, 0.6) is 0 Å². The van der Waals surface area contributed by atoms with Crippen LogP contribution >= 0.6 is 9.24 Å². The molecule has 3 heteroatoms. The van der Waals surface area contributed by atoms with Crippen LogP contribution in [0.1, 0.15) is 19.9 Å². The fourth-order valence-corrected chi connectivity index (χ4v) is 1.21. The van der Waals surface area contributed by atoms with E-state index in [0.29, 0.717) is 6.04 Å². The zero-order valence-corrected chi connectivity index (χ0v) is 6.86. The van der Waals surface area contributed by atoms with Gasteiger partial charge in [0.1, 0.15) is 0 Å². The van der Waals surface area contributed by atoms with E-state index < -0.39 is 0 Å². The molecule has 50 valence electrons. The van der Waals surface area contributed by atoms with Crippen molar-refractivity contribution in [3.8, 4) is 0 Å². The van der Waals surface area contributed by atoms with Crippen molar-refractivity contribution >= 4 is 14.7 Å². The normalized spacial score (nSPS) is 10.7. The lowest BCUT2D eigenvalue weighted by Gasteiger charge is -2.06. The van der Waals surface area contributed by atoms with Crippen molar-refractivity contribution in [2.75, 3.05) is 0 Å². The van der Waals surface area contributed by atoms with E-state index in [1.54, 1.807) is 0 Å². The van der Waals surface area contributed by atoms with Crippen LogP contribution in [-0.4, -0.2) is 9.78 Å². The summed E-state index contributed by atoms with van der Waals surface area (Å²) < 4.78 is 1.96. The largest absolute Gasteiger partial charge is 0.263 e. The van der Waals surface area contributed by atoms with Crippen molar-refractivity contribution in [2.24, 2.45) is 0 Å². The van der Waals surface area contributed by atoms with Gasteiger partial charge in [-0.1, -0.05) is 9.24 Å². The lowest BCUT2D eigenvalue weighted by atomic mass is 10.4. The molecule has 0 aliphatic rings. The Balaban J connectivity index is 2.94. The monoisotopic (exact) mass is 142 g/mol. The van der Waals surface area contributed by atoms with Gasteiger partial charge in [-0.15, -0.1) is 0 Å². The fraction of sp³-hybridized carbons (Fsp3) is 0.500. The van der Waals surface area contributed by atoms with Crippen LogP contribution in [-0.2, 0) is 0 Å². The second kappa shape index (κ2) is 2.49. The molecule has 0 bridgehead atoms. The highest BCUT2D eigenvalue weighted by molar-refractivity contribution is 7.27. The summed E-state index contributed by atoms with van der Waals surface area (Å²) in [6.45, 7) is 4.22. The molecule has 2 nitrogen and oxygen atoms in total. The molecule has 0 spiro atoms. The van der Waals surface area contributed by atoms with E-state index in [0.717, 1.165) is 5.44 Å². The van der Waals surface area contributed by atoms with E-state index in [2.05, 4.69) is 28.2 Å². The molecule has 0 fully saturated rings. The summed E-state index contributed by atoms with van der Waals surface area (Å²) in [5.41, 5.74) is 1.14. The first-order chi connectivity index (χ1) is 4.22. The van der Waals surface area contributed by atoms with Crippen molar-refractivity contribution in [1.29, 1.82) is 0 Å². The molecule has 0 aliphatic carbocycles. The molecule has 0 radical (unpaired) electrons. The third-order valence-corrected chi connectivity index (χ3v) is 1.65. The Labute approximate surface area is 57.5 Å². The Morgan fingerprint density at radius 1 is 1.67 bits per heavy atom. The molecule has 9 heavy (non-hydrogen) atoms. The number of hydrogen-bond donors (Lipinski definition) is 0. The number of rotatable bonds is 1. The average molecular weight is 142 g/mol. The maximum atomic E-state index is 4.11. The third kappa shape index (κ3) is 1.31. The summed E-state index contributed by atoms with van der Waals surface area (Å²) >= 11 is 0. The van der Waals surface area contributed by atoms with Crippen molar-refractivity contribution in [3.05, 3.63) is 12.3 Å². The molecule has 1 heterocycles. The molecular weight excluding hydrogens is 131 g/mol. The van der Waals surface area contributed by atoms with Crippen LogP contribution in [0.4, 0.5) is 0 Å². The van der Waals surface area contributed by atoms with Crippen molar-refractivity contribution in [2.45, 2.75) is 19.9 Å². The Bertz CT molecular complexity index is 193. The molecule has 0 aromatic carbocycles. The van der Waals surface area contributed by atoms with E-state index in [4.69, 9.17) is 0 Å². The Morgan fingerprint density at radius 2 is 2.33 bits per heavy atom. The van der Waals surface area contributed by atoms with E-state index in [9.17, 15) is 0 Å². The van der Waals surface area contributed by atoms with Gasteiger partial charge in [0.25, 0.3) is 0 Å². The molecule has 1 atom stereocenters. The molecule has 0 saturated carbocycles. The lowest BCUT2D eigenvalue weighted by Crippen LogP contribution is -2.13. The summed E-state index contributed by atoms with van der Waals surface area (Å²) in [6, 6.07) is 2.44. The Hall–Kier alpha value is -0.360. The number of hydrogen-bond acceptors (Lipinski definition) is 1. The second-order valence-electron chi connectivity index (χ2n) is 2.29. The topological polar surface area (TPSA) is 17.8 Å². The van der Waals surface area contributed by atoms with Gasteiger partial charge in [-0.25, -0.2) is 0 Å². The number of aromatic nitrogens is 2. The highest BCUT2D eigenvalue weighted by atomic mass is 31.0. The van der Waals surface area contributed by atoms with Crippen LogP contribution in [0.2, 0.25) is 0 Å². The molecule has 0 saturated heterocycles. The van der Waals surface area contributed by atoms with Gasteiger partial charge in [0.15, 0.2) is 0 Å². The fourth-order valence-electron chi connectivity index (χ4n) is 0.756. The van der Waals surface area contributed by atoms with Gasteiger partial charge in [-0.2, -0.15) is 5.10 Å². The maximum Gasteiger partial charge on any atom is 0.0552 e. The summed E-state index contributed by atoms with van der Waals surface area (Å²) in [5, 5.41) is 4.11. The van der Waals surface area contributed by atoms with Gasteiger partial charge in [-0.05, 0) is 19.9 Å². The average Bonchev–Trinajstić information content (AvgIpc) is 2.13. The van der Waals surface area contributed by atoms with Crippen LogP contribution in [0.15, 0.2) is 12.3 Å². The van der Waals surface area contributed by atoms with E-state index in [1.165, 1.54) is 0 Å². The van der Waals surface area contributed by atoms with Gasteiger partial charge < -0.3 is 0 Å². The second-order valence-corrected chi connectivity index (χ2v) is 2.89. The zero-order chi connectivity index (χ0) is 6.85. The maximum absolute atomic E-state index is 4.11. The Kier molecular flexibility index (Phi) is 1.87. The summed E-state index contributed by atoms with van der Waals surface area (Å²) in [4.78, 5) is 0. The quantitative estimate of drug-likeness (QED) is 0.534. The molecule has 0 amide bonds. The number of nitrogens with zero attached hydrogens (tertiary/aromatic N) is 2. The standard InChI is InChI=1S/C6H11N2P/c1-5(2)8-6(9)3-4-7-8/h3-5H,9H2,1-2H3. The minimum Gasteiger partial charge on any atom is -0.263 e.